The maximum absolute atomic E-state index is 12.3. The first-order chi connectivity index (χ1) is 10.8. The van der Waals surface area contributed by atoms with Gasteiger partial charge in [-0.1, -0.05) is 12.1 Å². The number of methoxy groups -OCH3 is 1. The SMILES string of the molecule is CCS(=O)(=O)Nc1ccccc1C(=O)NC(CCOC)C(=O)O. The summed E-state index contributed by atoms with van der Waals surface area (Å²) in [4.78, 5) is 23.4. The molecule has 0 saturated carbocycles. The molecule has 0 radical (unpaired) electrons. The van der Waals surface area contributed by atoms with Gasteiger partial charge in [0.15, 0.2) is 0 Å². The topological polar surface area (TPSA) is 122 Å². The predicted molar refractivity (Wildman–Crippen MR) is 84.9 cm³/mol. The Morgan fingerprint density at radius 2 is 1.96 bits per heavy atom. The highest BCUT2D eigenvalue weighted by Gasteiger charge is 2.22. The summed E-state index contributed by atoms with van der Waals surface area (Å²) in [7, 11) is -2.13. The summed E-state index contributed by atoms with van der Waals surface area (Å²) >= 11 is 0. The number of hydrogen-bond acceptors (Lipinski definition) is 5. The number of para-hydroxylation sites is 1. The second-order valence-electron chi connectivity index (χ2n) is 4.70. The lowest BCUT2D eigenvalue weighted by Gasteiger charge is -2.16. The van der Waals surface area contributed by atoms with Gasteiger partial charge in [0.2, 0.25) is 10.0 Å². The van der Waals surface area contributed by atoms with E-state index in [1.165, 1.54) is 26.2 Å². The highest BCUT2D eigenvalue weighted by molar-refractivity contribution is 7.92. The van der Waals surface area contributed by atoms with Crippen LogP contribution in [0.15, 0.2) is 24.3 Å². The van der Waals surface area contributed by atoms with Crippen LogP contribution in [0.5, 0.6) is 0 Å². The molecule has 1 unspecified atom stereocenters. The number of nitrogens with one attached hydrogen (secondary N) is 2. The maximum Gasteiger partial charge on any atom is 0.326 e. The van der Waals surface area contributed by atoms with Crippen molar-refractivity contribution in [2.45, 2.75) is 19.4 Å². The summed E-state index contributed by atoms with van der Waals surface area (Å²) in [6.45, 7) is 1.64. The van der Waals surface area contributed by atoms with E-state index in [-0.39, 0.29) is 30.0 Å². The quantitative estimate of drug-likeness (QED) is 0.605. The summed E-state index contributed by atoms with van der Waals surface area (Å²) in [5.41, 5.74) is 0.149. The van der Waals surface area contributed by atoms with Crippen molar-refractivity contribution in [1.82, 2.24) is 5.32 Å². The number of rotatable bonds is 9. The maximum atomic E-state index is 12.3. The van der Waals surface area contributed by atoms with Gasteiger partial charge in [-0.25, -0.2) is 13.2 Å². The van der Waals surface area contributed by atoms with Crippen molar-refractivity contribution in [3.8, 4) is 0 Å². The minimum Gasteiger partial charge on any atom is -0.480 e. The van der Waals surface area contributed by atoms with Crippen molar-refractivity contribution >= 4 is 27.6 Å². The zero-order chi connectivity index (χ0) is 17.5. The predicted octanol–water partition coefficient (Wildman–Crippen LogP) is 0.668. The van der Waals surface area contributed by atoms with Gasteiger partial charge in [-0.05, 0) is 19.1 Å². The van der Waals surface area contributed by atoms with Gasteiger partial charge in [0.25, 0.3) is 5.91 Å². The molecular weight excluding hydrogens is 324 g/mol. The van der Waals surface area contributed by atoms with Crippen LogP contribution in [0.4, 0.5) is 5.69 Å². The second-order valence-corrected chi connectivity index (χ2v) is 6.71. The van der Waals surface area contributed by atoms with Gasteiger partial charge in [-0.15, -0.1) is 0 Å². The Morgan fingerprint density at radius 3 is 2.52 bits per heavy atom. The second kappa shape index (κ2) is 8.49. The van der Waals surface area contributed by atoms with Gasteiger partial charge in [0.05, 0.1) is 17.0 Å². The number of anilines is 1. The highest BCUT2D eigenvalue weighted by Crippen LogP contribution is 2.17. The molecule has 1 atom stereocenters. The molecule has 0 spiro atoms. The Balaban J connectivity index is 2.97. The van der Waals surface area contributed by atoms with Crippen LogP contribution in [0.1, 0.15) is 23.7 Å². The molecule has 1 aromatic rings. The molecule has 8 nitrogen and oxygen atoms in total. The van der Waals surface area contributed by atoms with Crippen LogP contribution >= 0.6 is 0 Å². The van der Waals surface area contributed by atoms with E-state index >= 15 is 0 Å². The number of aliphatic carboxylic acids is 1. The summed E-state index contributed by atoms with van der Waals surface area (Å²) in [6, 6.07) is 4.86. The number of carboxylic acid groups (broad SMARTS) is 1. The molecule has 0 bridgehead atoms. The Morgan fingerprint density at radius 1 is 1.30 bits per heavy atom. The molecule has 9 heteroatoms. The van der Waals surface area contributed by atoms with Crippen LogP contribution in [-0.2, 0) is 19.6 Å². The fourth-order valence-corrected chi connectivity index (χ4v) is 2.40. The fraction of sp³-hybridized carbons (Fsp3) is 0.429. The third-order valence-electron chi connectivity index (χ3n) is 3.03. The Kier molecular flexibility index (Phi) is 6.98. The van der Waals surface area contributed by atoms with E-state index in [2.05, 4.69) is 10.0 Å². The third-order valence-corrected chi connectivity index (χ3v) is 4.32. The largest absolute Gasteiger partial charge is 0.480 e. The van der Waals surface area contributed by atoms with Gasteiger partial charge in [0.1, 0.15) is 6.04 Å². The molecule has 23 heavy (non-hydrogen) atoms. The molecule has 0 aromatic heterocycles. The molecule has 1 rings (SSSR count). The summed E-state index contributed by atoms with van der Waals surface area (Å²) in [5, 5.41) is 11.5. The van der Waals surface area contributed by atoms with Gasteiger partial charge in [0, 0.05) is 20.1 Å². The summed E-state index contributed by atoms with van der Waals surface area (Å²) < 4.78 is 30.4. The number of hydrogen-bond donors (Lipinski definition) is 3. The molecule has 1 aromatic carbocycles. The Bertz CT molecular complexity index is 659. The first kappa shape index (κ1) is 18.9. The van der Waals surface area contributed by atoms with Gasteiger partial charge < -0.3 is 15.2 Å². The van der Waals surface area contributed by atoms with Gasteiger partial charge in [-0.3, -0.25) is 9.52 Å². The molecule has 0 fully saturated rings. The molecular formula is C14H20N2O6S. The van der Waals surface area contributed by atoms with Crippen molar-refractivity contribution in [2.75, 3.05) is 24.2 Å². The number of ether oxygens (including phenoxy) is 1. The third kappa shape index (κ3) is 5.87. The number of carbonyl (C=O) groups is 2. The van der Waals surface area contributed by atoms with Crippen LogP contribution in [0.2, 0.25) is 0 Å². The lowest BCUT2D eigenvalue weighted by atomic mass is 10.1. The number of benzene rings is 1. The van der Waals surface area contributed by atoms with Crippen molar-refractivity contribution < 1.29 is 27.9 Å². The van der Waals surface area contributed by atoms with Gasteiger partial charge in [-0.2, -0.15) is 0 Å². The minimum atomic E-state index is -3.55. The standard InChI is InChI=1S/C14H20N2O6S/c1-3-23(20,21)16-11-7-5-4-6-10(11)13(17)15-12(14(18)19)8-9-22-2/h4-7,12,16H,3,8-9H2,1-2H3,(H,15,17)(H,18,19). The lowest BCUT2D eigenvalue weighted by Crippen LogP contribution is -2.41. The average Bonchev–Trinajstić information content (AvgIpc) is 2.51. The van der Waals surface area contributed by atoms with Crippen LogP contribution in [-0.4, -0.2) is 50.9 Å². The Labute approximate surface area is 134 Å². The smallest absolute Gasteiger partial charge is 0.326 e. The molecule has 0 saturated heterocycles. The zero-order valence-corrected chi connectivity index (χ0v) is 13.7. The highest BCUT2D eigenvalue weighted by atomic mass is 32.2. The van der Waals surface area contributed by atoms with E-state index < -0.39 is 27.9 Å². The number of sulfonamides is 1. The zero-order valence-electron chi connectivity index (χ0n) is 12.9. The van der Waals surface area contributed by atoms with Crippen LogP contribution < -0.4 is 10.0 Å². The van der Waals surface area contributed by atoms with E-state index in [0.29, 0.717) is 0 Å². The van der Waals surface area contributed by atoms with Crippen LogP contribution in [0, 0.1) is 0 Å². The molecule has 0 aliphatic heterocycles. The number of carbonyl (C=O) groups excluding carboxylic acids is 1. The number of amides is 1. The molecule has 1 amide bonds. The van der Waals surface area contributed by atoms with Crippen molar-refractivity contribution in [3.05, 3.63) is 29.8 Å². The summed E-state index contributed by atoms with van der Waals surface area (Å²) in [6.07, 6.45) is 0.0976. The summed E-state index contributed by atoms with van der Waals surface area (Å²) in [5.74, 6) is -2.01. The monoisotopic (exact) mass is 344 g/mol. The molecule has 3 N–H and O–H groups in total. The van der Waals surface area contributed by atoms with Crippen molar-refractivity contribution in [2.24, 2.45) is 0 Å². The lowest BCUT2D eigenvalue weighted by molar-refractivity contribution is -0.139. The van der Waals surface area contributed by atoms with E-state index in [9.17, 15) is 18.0 Å². The first-order valence-electron chi connectivity index (χ1n) is 6.92. The van der Waals surface area contributed by atoms with Crippen LogP contribution in [0.25, 0.3) is 0 Å². The molecule has 128 valence electrons. The van der Waals surface area contributed by atoms with E-state index in [4.69, 9.17) is 9.84 Å². The van der Waals surface area contributed by atoms with Crippen molar-refractivity contribution in [1.29, 1.82) is 0 Å². The minimum absolute atomic E-state index is 0.0493. The van der Waals surface area contributed by atoms with E-state index in [0.717, 1.165) is 0 Å². The van der Waals surface area contributed by atoms with Gasteiger partial charge >= 0.3 is 5.97 Å². The molecule has 0 heterocycles. The Hall–Kier alpha value is -2.13. The van der Waals surface area contributed by atoms with Crippen LogP contribution in [0.3, 0.4) is 0 Å². The van der Waals surface area contributed by atoms with E-state index in [1.54, 1.807) is 12.1 Å². The fourth-order valence-electron chi connectivity index (χ4n) is 1.74. The van der Waals surface area contributed by atoms with Crippen molar-refractivity contribution in [3.63, 3.8) is 0 Å². The normalized spacial score (nSPS) is 12.4. The number of carboxylic acids is 1. The molecule has 0 aliphatic rings. The molecule has 0 aliphatic carbocycles. The van der Waals surface area contributed by atoms with E-state index in [1.807, 2.05) is 0 Å². The first-order valence-corrected chi connectivity index (χ1v) is 8.58. The average molecular weight is 344 g/mol.